The molecule has 0 amide bonds. The number of aromatic nitrogens is 2. The van der Waals surface area contributed by atoms with Crippen LogP contribution < -0.4 is 0 Å². The fourth-order valence-electron chi connectivity index (χ4n) is 1.47. The van der Waals surface area contributed by atoms with E-state index in [1.807, 2.05) is 36.5 Å². The van der Waals surface area contributed by atoms with E-state index in [-0.39, 0.29) is 0 Å². The van der Waals surface area contributed by atoms with Crippen LogP contribution in [0.3, 0.4) is 0 Å². The van der Waals surface area contributed by atoms with Crippen LogP contribution in [-0.2, 0) is 11.4 Å². The Bertz CT molecular complexity index is 491. The summed E-state index contributed by atoms with van der Waals surface area (Å²) in [7, 11) is 1.53. The van der Waals surface area contributed by atoms with Crippen molar-refractivity contribution in [2.75, 3.05) is 7.11 Å². The average Bonchev–Trinajstić information content (AvgIpc) is 2.82. The van der Waals surface area contributed by atoms with Crippen LogP contribution in [0.15, 0.2) is 47.9 Å². The van der Waals surface area contributed by atoms with Crippen molar-refractivity contribution in [3.63, 3.8) is 0 Å². The van der Waals surface area contributed by atoms with Gasteiger partial charge in [0, 0.05) is 23.0 Å². The Balaban J connectivity index is 2.23. The van der Waals surface area contributed by atoms with E-state index in [0.717, 1.165) is 11.3 Å². The molecule has 0 aliphatic carbocycles. The van der Waals surface area contributed by atoms with E-state index < -0.39 is 0 Å². The summed E-state index contributed by atoms with van der Waals surface area (Å²) in [6.45, 7) is 0.558. The molecule has 0 unspecified atom stereocenters. The maximum absolute atomic E-state index is 5.85. The van der Waals surface area contributed by atoms with Crippen LogP contribution >= 0.6 is 11.6 Å². The minimum Gasteiger partial charge on any atom is -0.399 e. The Hall–Kier alpha value is -1.81. The summed E-state index contributed by atoms with van der Waals surface area (Å²) >= 11 is 5.85. The molecule has 0 spiro atoms. The quantitative estimate of drug-likeness (QED) is 0.617. The summed E-state index contributed by atoms with van der Waals surface area (Å²) in [5.41, 5.74) is 1.76. The van der Waals surface area contributed by atoms with Gasteiger partial charge >= 0.3 is 0 Å². The SMILES string of the molecule is CO/N=C(\Cn1cccn1)c1ccc(Cl)cc1. The smallest absolute Gasteiger partial charge is 0.108 e. The third-order valence-corrected chi connectivity index (χ3v) is 2.50. The Morgan fingerprint density at radius 3 is 2.76 bits per heavy atom. The monoisotopic (exact) mass is 249 g/mol. The molecule has 0 N–H and O–H groups in total. The Kier molecular flexibility index (Phi) is 3.77. The maximum atomic E-state index is 5.85. The minimum absolute atomic E-state index is 0.558. The Morgan fingerprint density at radius 1 is 1.41 bits per heavy atom. The van der Waals surface area contributed by atoms with E-state index in [4.69, 9.17) is 16.4 Å². The second kappa shape index (κ2) is 5.50. The van der Waals surface area contributed by atoms with Crippen molar-refractivity contribution in [1.29, 1.82) is 0 Å². The topological polar surface area (TPSA) is 39.4 Å². The summed E-state index contributed by atoms with van der Waals surface area (Å²) in [6, 6.07) is 9.33. The number of benzene rings is 1. The summed E-state index contributed by atoms with van der Waals surface area (Å²) < 4.78 is 1.78. The molecule has 0 saturated heterocycles. The van der Waals surface area contributed by atoms with Crippen LogP contribution in [0.4, 0.5) is 0 Å². The molecule has 0 saturated carbocycles. The molecule has 0 atom stereocenters. The van der Waals surface area contributed by atoms with Crippen molar-refractivity contribution in [2.45, 2.75) is 6.54 Å². The second-order valence-electron chi connectivity index (χ2n) is 3.43. The molecule has 5 heteroatoms. The van der Waals surface area contributed by atoms with Crippen LogP contribution in [-0.4, -0.2) is 22.6 Å². The van der Waals surface area contributed by atoms with Gasteiger partial charge in [0.15, 0.2) is 0 Å². The fraction of sp³-hybridized carbons (Fsp3) is 0.167. The van der Waals surface area contributed by atoms with Crippen molar-refractivity contribution >= 4 is 17.3 Å². The molecule has 0 fully saturated rings. The van der Waals surface area contributed by atoms with E-state index in [9.17, 15) is 0 Å². The number of oxime groups is 1. The zero-order valence-electron chi connectivity index (χ0n) is 9.38. The second-order valence-corrected chi connectivity index (χ2v) is 3.87. The van der Waals surface area contributed by atoms with Gasteiger partial charge in [-0.25, -0.2) is 0 Å². The van der Waals surface area contributed by atoms with Crippen molar-refractivity contribution in [3.8, 4) is 0 Å². The molecule has 0 bridgehead atoms. The molecule has 1 heterocycles. The first-order valence-corrected chi connectivity index (χ1v) is 5.51. The highest BCUT2D eigenvalue weighted by atomic mass is 35.5. The third-order valence-electron chi connectivity index (χ3n) is 2.25. The molecule has 2 rings (SSSR count). The lowest BCUT2D eigenvalue weighted by Crippen LogP contribution is -2.12. The van der Waals surface area contributed by atoms with Gasteiger partial charge in [0.05, 0.1) is 6.54 Å². The zero-order chi connectivity index (χ0) is 12.1. The largest absolute Gasteiger partial charge is 0.399 e. The maximum Gasteiger partial charge on any atom is 0.108 e. The molecule has 0 aliphatic heterocycles. The molecule has 0 radical (unpaired) electrons. The highest BCUT2D eigenvalue weighted by molar-refractivity contribution is 6.30. The molecule has 0 aliphatic rings. The number of rotatable bonds is 4. The summed E-state index contributed by atoms with van der Waals surface area (Å²) in [5, 5.41) is 8.85. The van der Waals surface area contributed by atoms with Gasteiger partial charge in [0.2, 0.25) is 0 Å². The molecule has 17 heavy (non-hydrogen) atoms. The van der Waals surface area contributed by atoms with E-state index in [1.54, 1.807) is 10.9 Å². The molecule has 1 aromatic carbocycles. The lowest BCUT2D eigenvalue weighted by molar-refractivity contribution is 0.212. The van der Waals surface area contributed by atoms with Crippen LogP contribution in [0.1, 0.15) is 5.56 Å². The van der Waals surface area contributed by atoms with E-state index >= 15 is 0 Å². The summed E-state index contributed by atoms with van der Waals surface area (Å²) in [6.07, 6.45) is 3.60. The third kappa shape index (κ3) is 3.07. The van der Waals surface area contributed by atoms with Gasteiger partial charge in [-0.2, -0.15) is 5.10 Å². The number of halogens is 1. The van der Waals surface area contributed by atoms with Crippen LogP contribution in [0, 0.1) is 0 Å². The standard InChI is InChI=1S/C12H12ClN3O/c1-17-15-12(9-16-8-2-7-14-16)10-3-5-11(13)6-4-10/h2-8H,9H2,1H3/b15-12+. The normalized spacial score (nSPS) is 11.5. The van der Waals surface area contributed by atoms with Gasteiger partial charge in [-0.3, -0.25) is 4.68 Å². The minimum atomic E-state index is 0.558. The molecular weight excluding hydrogens is 238 g/mol. The van der Waals surface area contributed by atoms with Crippen molar-refractivity contribution < 1.29 is 4.84 Å². The number of hydrogen-bond acceptors (Lipinski definition) is 3. The first-order chi connectivity index (χ1) is 8.29. The van der Waals surface area contributed by atoms with Crippen molar-refractivity contribution in [3.05, 3.63) is 53.3 Å². The van der Waals surface area contributed by atoms with Gasteiger partial charge < -0.3 is 4.84 Å². The van der Waals surface area contributed by atoms with Crippen LogP contribution in [0.5, 0.6) is 0 Å². The predicted octanol–water partition coefficient (Wildman–Crippen LogP) is 2.59. The van der Waals surface area contributed by atoms with Crippen molar-refractivity contribution in [1.82, 2.24) is 9.78 Å². The summed E-state index contributed by atoms with van der Waals surface area (Å²) in [5.74, 6) is 0. The molecule has 2 aromatic rings. The molecule has 88 valence electrons. The Labute approximate surface area is 104 Å². The molecule has 4 nitrogen and oxygen atoms in total. The van der Waals surface area contributed by atoms with E-state index in [1.165, 1.54) is 7.11 Å². The lowest BCUT2D eigenvalue weighted by Gasteiger charge is -2.06. The number of hydrogen-bond donors (Lipinski definition) is 0. The van der Waals surface area contributed by atoms with Gasteiger partial charge in [-0.05, 0) is 18.2 Å². The first kappa shape index (κ1) is 11.7. The van der Waals surface area contributed by atoms with Crippen molar-refractivity contribution in [2.24, 2.45) is 5.16 Å². The fourth-order valence-corrected chi connectivity index (χ4v) is 1.60. The highest BCUT2D eigenvalue weighted by Crippen LogP contribution is 2.11. The zero-order valence-corrected chi connectivity index (χ0v) is 10.1. The van der Waals surface area contributed by atoms with E-state index in [0.29, 0.717) is 11.6 Å². The van der Waals surface area contributed by atoms with Gasteiger partial charge in [0.25, 0.3) is 0 Å². The molecular formula is C12H12ClN3O. The number of nitrogens with zero attached hydrogens (tertiary/aromatic N) is 3. The average molecular weight is 250 g/mol. The predicted molar refractivity (Wildman–Crippen MR) is 67.2 cm³/mol. The Morgan fingerprint density at radius 2 is 2.18 bits per heavy atom. The van der Waals surface area contributed by atoms with Gasteiger partial charge in [0.1, 0.15) is 12.8 Å². The van der Waals surface area contributed by atoms with Gasteiger partial charge in [-0.15, -0.1) is 0 Å². The van der Waals surface area contributed by atoms with Gasteiger partial charge in [-0.1, -0.05) is 28.9 Å². The first-order valence-electron chi connectivity index (χ1n) is 5.13. The summed E-state index contributed by atoms with van der Waals surface area (Å²) in [4.78, 5) is 4.85. The van der Waals surface area contributed by atoms with E-state index in [2.05, 4.69) is 10.3 Å². The molecule has 1 aromatic heterocycles. The highest BCUT2D eigenvalue weighted by Gasteiger charge is 2.05. The van der Waals surface area contributed by atoms with Crippen LogP contribution in [0.25, 0.3) is 0 Å². The van der Waals surface area contributed by atoms with Crippen LogP contribution in [0.2, 0.25) is 5.02 Å². The lowest BCUT2D eigenvalue weighted by atomic mass is 10.1.